The lowest BCUT2D eigenvalue weighted by atomic mass is 9.70. The second-order valence-electron chi connectivity index (χ2n) is 17.5. The zero-order valence-corrected chi connectivity index (χ0v) is 33.1. The molecule has 1 aliphatic heterocycles. The van der Waals surface area contributed by atoms with E-state index in [9.17, 15) is 24.0 Å². The number of Topliss-reactive ketones (excluding diaryl/α,β-unsaturated/α-hetero) is 1. The molecular weight excluding hydrogens is 715 g/mol. The number of amides is 5. The molecule has 2 aromatic rings. The number of rotatable bonds is 15. The highest BCUT2D eigenvalue weighted by atomic mass is 32.1. The minimum Gasteiger partial charge on any atom is -0.346 e. The van der Waals surface area contributed by atoms with Crippen molar-refractivity contribution in [2.24, 2.45) is 34.5 Å². The van der Waals surface area contributed by atoms with E-state index >= 15 is 4.79 Å². The van der Waals surface area contributed by atoms with E-state index in [4.69, 9.17) is 0 Å². The lowest BCUT2D eigenvalue weighted by Gasteiger charge is -2.41. The van der Waals surface area contributed by atoms with Gasteiger partial charge in [0.05, 0.1) is 10.9 Å². The first-order valence-corrected chi connectivity index (χ1v) is 21.0. The molecule has 4 aliphatic carbocycles. The Morgan fingerprint density at radius 1 is 0.927 bits per heavy atom. The molecule has 4 fully saturated rings. The highest BCUT2D eigenvalue weighted by molar-refractivity contribution is 7.12. The van der Waals surface area contributed by atoms with Crippen LogP contribution in [0.2, 0.25) is 0 Å². The van der Waals surface area contributed by atoms with Crippen molar-refractivity contribution in [3.63, 3.8) is 0 Å². The predicted octanol–water partition coefficient (Wildman–Crippen LogP) is 4.36. The van der Waals surface area contributed by atoms with E-state index in [0.29, 0.717) is 30.7 Å². The maximum absolute atomic E-state index is 15.1. The summed E-state index contributed by atoms with van der Waals surface area (Å²) in [5.74, 6) is -3.06. The van der Waals surface area contributed by atoms with Crippen LogP contribution in [-0.4, -0.2) is 77.5 Å². The fourth-order valence-electron chi connectivity index (χ4n) is 9.84. The highest BCUT2D eigenvalue weighted by Gasteiger charge is 2.70. The molecule has 6 unspecified atom stereocenters. The molecule has 11 nitrogen and oxygen atoms in total. The number of thiophene rings is 1. The summed E-state index contributed by atoms with van der Waals surface area (Å²) < 4.78 is 0. The molecule has 3 saturated carbocycles. The zero-order chi connectivity index (χ0) is 39.1. The molecule has 0 radical (unpaired) electrons. The predicted molar refractivity (Wildman–Crippen MR) is 210 cm³/mol. The standard InChI is InChI=1S/C43H55N5O6S/c1-5-19-44-39(52)35(49)30(21-25-15-16-25)45-38(51)34-32-29(42(32,2)3)24-48(34)41(54)33(28-22-26-12-7-8-13-27(26)23-28)46-40(53)36(43(4)17-9-6-10-18-43)47-37(50)31-14-11-20-55-31/h5,7-8,11-14,20,25,28-30,32-34,36H,1,6,9-10,15-19,21-24H2,2-4H3,(H,44,52)(H,45,51)(H,46,53)(H,47,50). The van der Waals surface area contributed by atoms with E-state index in [1.54, 1.807) is 17.0 Å². The number of carbonyl (C=O) groups excluding carboxylic acids is 6. The summed E-state index contributed by atoms with van der Waals surface area (Å²) in [5.41, 5.74) is 1.53. The Morgan fingerprint density at radius 2 is 1.62 bits per heavy atom. The topological polar surface area (TPSA) is 154 Å². The third-order valence-electron chi connectivity index (χ3n) is 13.4. The Hall–Kier alpha value is -4.32. The average Bonchev–Trinajstić information content (AvgIpc) is 3.73. The molecule has 294 valence electrons. The third kappa shape index (κ3) is 8.02. The maximum atomic E-state index is 15.1. The summed E-state index contributed by atoms with van der Waals surface area (Å²) in [7, 11) is 0. The summed E-state index contributed by atoms with van der Waals surface area (Å²) in [6.07, 6.45) is 9.35. The molecule has 5 aliphatic rings. The summed E-state index contributed by atoms with van der Waals surface area (Å²) >= 11 is 1.31. The number of hydrogen-bond donors (Lipinski definition) is 4. The largest absolute Gasteiger partial charge is 0.346 e. The highest BCUT2D eigenvalue weighted by Crippen LogP contribution is 2.65. The molecule has 1 saturated heterocycles. The molecule has 0 spiro atoms. The first-order valence-electron chi connectivity index (χ1n) is 20.1. The Morgan fingerprint density at radius 3 is 2.24 bits per heavy atom. The number of carbonyl (C=O) groups is 6. The van der Waals surface area contributed by atoms with Gasteiger partial charge in [-0.2, -0.15) is 0 Å². The number of nitrogens with one attached hydrogen (secondary N) is 4. The van der Waals surface area contributed by atoms with Gasteiger partial charge in [-0.05, 0) is 89.2 Å². The number of hydrogen-bond acceptors (Lipinski definition) is 7. The van der Waals surface area contributed by atoms with Gasteiger partial charge in [-0.15, -0.1) is 17.9 Å². The summed E-state index contributed by atoms with van der Waals surface area (Å²) in [6.45, 7) is 10.3. The number of nitrogens with zero attached hydrogens (tertiary/aromatic N) is 1. The van der Waals surface area contributed by atoms with E-state index in [0.717, 1.165) is 56.1 Å². The quantitative estimate of drug-likeness (QED) is 0.156. The lowest BCUT2D eigenvalue weighted by molar-refractivity contribution is -0.146. The second-order valence-corrected chi connectivity index (χ2v) is 18.5. The van der Waals surface area contributed by atoms with Crippen LogP contribution in [0.25, 0.3) is 0 Å². The fraction of sp³-hybridized carbons (Fsp3) is 0.581. The van der Waals surface area contributed by atoms with Gasteiger partial charge in [0.2, 0.25) is 23.5 Å². The smallest absolute Gasteiger partial charge is 0.289 e. The lowest BCUT2D eigenvalue weighted by Crippen LogP contribution is -2.63. The molecule has 0 bridgehead atoms. The number of ketones is 1. The maximum Gasteiger partial charge on any atom is 0.289 e. The molecule has 4 N–H and O–H groups in total. The Bertz CT molecular complexity index is 1810. The van der Waals surface area contributed by atoms with Crippen molar-refractivity contribution in [2.75, 3.05) is 13.1 Å². The van der Waals surface area contributed by atoms with Gasteiger partial charge in [0, 0.05) is 13.1 Å². The molecule has 1 aromatic carbocycles. The van der Waals surface area contributed by atoms with Crippen LogP contribution in [0.15, 0.2) is 54.4 Å². The van der Waals surface area contributed by atoms with Gasteiger partial charge in [0.25, 0.3) is 11.8 Å². The van der Waals surface area contributed by atoms with Crippen molar-refractivity contribution in [1.29, 1.82) is 0 Å². The van der Waals surface area contributed by atoms with Crippen molar-refractivity contribution in [3.8, 4) is 0 Å². The van der Waals surface area contributed by atoms with Crippen LogP contribution in [0.5, 0.6) is 0 Å². The monoisotopic (exact) mass is 769 g/mol. The van der Waals surface area contributed by atoms with E-state index < -0.39 is 53.1 Å². The molecule has 55 heavy (non-hydrogen) atoms. The van der Waals surface area contributed by atoms with Crippen molar-refractivity contribution in [3.05, 3.63) is 70.4 Å². The minimum absolute atomic E-state index is 0.0665. The van der Waals surface area contributed by atoms with Crippen LogP contribution in [0.1, 0.15) is 92.9 Å². The minimum atomic E-state index is -1.01. The van der Waals surface area contributed by atoms with E-state index in [1.807, 2.05) is 17.5 Å². The van der Waals surface area contributed by atoms with Crippen molar-refractivity contribution in [1.82, 2.24) is 26.2 Å². The van der Waals surface area contributed by atoms with Gasteiger partial charge in [0.1, 0.15) is 18.1 Å². The van der Waals surface area contributed by atoms with Gasteiger partial charge in [0.15, 0.2) is 0 Å². The van der Waals surface area contributed by atoms with Crippen molar-refractivity contribution in [2.45, 2.75) is 109 Å². The third-order valence-corrected chi connectivity index (χ3v) is 14.3. The Labute approximate surface area is 327 Å². The Balaban J connectivity index is 1.17. The average molecular weight is 770 g/mol. The summed E-state index contributed by atoms with van der Waals surface area (Å²) in [6, 6.07) is 7.90. The number of benzene rings is 1. The number of fused-ring (bicyclic) bond motifs is 2. The first-order chi connectivity index (χ1) is 26.3. The molecule has 6 atom stereocenters. The molecule has 12 heteroatoms. The normalized spacial score (nSPS) is 25.0. The van der Waals surface area contributed by atoms with Crippen LogP contribution in [0.3, 0.4) is 0 Å². The van der Waals surface area contributed by atoms with Gasteiger partial charge in [-0.1, -0.05) is 89.3 Å². The van der Waals surface area contributed by atoms with E-state index in [1.165, 1.54) is 17.4 Å². The van der Waals surface area contributed by atoms with Crippen LogP contribution < -0.4 is 21.3 Å². The van der Waals surface area contributed by atoms with Crippen LogP contribution in [-0.2, 0) is 36.8 Å². The van der Waals surface area contributed by atoms with Gasteiger partial charge in [-0.3, -0.25) is 28.8 Å². The number of likely N-dealkylation sites (tertiary alicyclic amines) is 1. The van der Waals surface area contributed by atoms with Crippen LogP contribution in [0.4, 0.5) is 0 Å². The number of piperidine rings is 1. The molecule has 1 aromatic heterocycles. The van der Waals surface area contributed by atoms with Crippen LogP contribution >= 0.6 is 11.3 Å². The van der Waals surface area contributed by atoms with Crippen molar-refractivity contribution >= 4 is 46.7 Å². The Kier molecular flexibility index (Phi) is 11.1. The van der Waals surface area contributed by atoms with Gasteiger partial charge in [-0.25, -0.2) is 0 Å². The molecule has 5 amide bonds. The molecule has 7 rings (SSSR count). The summed E-state index contributed by atoms with van der Waals surface area (Å²) in [4.78, 5) is 86.1. The SMILES string of the molecule is C=CCNC(=O)C(=O)C(CC1CC1)NC(=O)C1C2C(CN1C(=O)C(NC(=O)C(NC(=O)c1cccs1)C1(C)CCCCC1)C1Cc3ccccc3C1)C2(C)C. The van der Waals surface area contributed by atoms with Gasteiger partial charge < -0.3 is 26.2 Å². The first kappa shape index (κ1) is 38.9. The second kappa shape index (κ2) is 15.7. The summed E-state index contributed by atoms with van der Waals surface area (Å²) in [5, 5.41) is 13.6. The zero-order valence-electron chi connectivity index (χ0n) is 32.2. The van der Waals surface area contributed by atoms with E-state index in [2.05, 4.69) is 60.8 Å². The molecular formula is C43H55N5O6S. The van der Waals surface area contributed by atoms with E-state index in [-0.39, 0.29) is 47.4 Å². The van der Waals surface area contributed by atoms with Gasteiger partial charge >= 0.3 is 0 Å². The fourth-order valence-corrected chi connectivity index (χ4v) is 10.5. The van der Waals surface area contributed by atoms with Crippen LogP contribution in [0, 0.1) is 34.5 Å². The van der Waals surface area contributed by atoms with Crippen molar-refractivity contribution < 1.29 is 28.8 Å². The molecule has 2 heterocycles.